The molecule has 0 saturated carbocycles. The number of alkyl halides is 3. The zero-order valence-electron chi connectivity index (χ0n) is 13.2. The second-order valence-corrected chi connectivity index (χ2v) is 6.36. The van der Waals surface area contributed by atoms with Gasteiger partial charge in [0, 0.05) is 11.3 Å². The second kappa shape index (κ2) is 7.71. The van der Waals surface area contributed by atoms with Crippen LogP contribution in [0, 0.1) is 5.82 Å². The summed E-state index contributed by atoms with van der Waals surface area (Å²) in [6, 6.07) is 4.38. The molecule has 0 unspecified atom stereocenters. The van der Waals surface area contributed by atoms with Crippen molar-refractivity contribution in [2.24, 2.45) is 0 Å². The van der Waals surface area contributed by atoms with Crippen molar-refractivity contribution in [3.05, 3.63) is 50.7 Å². The van der Waals surface area contributed by atoms with Crippen LogP contribution in [0.4, 0.5) is 28.9 Å². The minimum Gasteiger partial charge on any atom is -0.493 e. The van der Waals surface area contributed by atoms with E-state index in [2.05, 4.69) is 21.2 Å². The van der Waals surface area contributed by atoms with Crippen LogP contribution in [0.25, 0.3) is 0 Å². The van der Waals surface area contributed by atoms with Gasteiger partial charge in [-0.1, -0.05) is 11.6 Å². The lowest BCUT2D eigenvalue weighted by molar-refractivity contribution is -0.115. The maximum absolute atomic E-state index is 13.5. The normalized spacial score (nSPS) is 11.3. The molecule has 2 aromatic carbocycles. The number of rotatable bonds is 5. The first-order chi connectivity index (χ1) is 12.0. The average molecular weight is 456 g/mol. The number of nitrogen functional groups attached to an aromatic ring is 1. The summed E-state index contributed by atoms with van der Waals surface area (Å²) in [5.41, 5.74) is 5.41. The lowest BCUT2D eigenvalue weighted by Crippen LogP contribution is -2.22. The van der Waals surface area contributed by atoms with Crippen molar-refractivity contribution in [2.75, 3.05) is 24.7 Å². The summed E-state index contributed by atoms with van der Waals surface area (Å²) in [4.78, 5) is 12.7. The van der Waals surface area contributed by atoms with Crippen molar-refractivity contribution in [2.45, 2.75) is 6.18 Å². The maximum atomic E-state index is 13.5. The number of carbonyl (C=O) groups excluding carboxylic acids is 1. The molecule has 0 radical (unpaired) electrons. The van der Waals surface area contributed by atoms with Gasteiger partial charge in [0.1, 0.15) is 12.4 Å². The van der Waals surface area contributed by atoms with Crippen molar-refractivity contribution >= 4 is 44.7 Å². The Morgan fingerprint density at radius 2 is 2.00 bits per heavy atom. The van der Waals surface area contributed by atoms with Gasteiger partial charge in [0.15, 0.2) is 11.5 Å². The van der Waals surface area contributed by atoms with Crippen molar-refractivity contribution in [1.82, 2.24) is 0 Å². The molecule has 0 saturated heterocycles. The summed E-state index contributed by atoms with van der Waals surface area (Å²) >= 11 is 9.06. The van der Waals surface area contributed by atoms with E-state index in [4.69, 9.17) is 22.1 Å². The molecule has 2 aromatic rings. The minimum absolute atomic E-state index is 0.000870. The molecular weight excluding hydrogens is 444 g/mol. The molecule has 0 fully saturated rings. The van der Waals surface area contributed by atoms with Gasteiger partial charge in [-0.15, -0.1) is 0 Å². The highest BCUT2D eigenvalue weighted by Crippen LogP contribution is 2.41. The van der Waals surface area contributed by atoms with Gasteiger partial charge in [0.05, 0.1) is 27.9 Å². The van der Waals surface area contributed by atoms with Crippen LogP contribution in [-0.2, 0) is 0 Å². The number of hydrogen-bond acceptors (Lipinski definition) is 4. The lowest BCUT2D eigenvalue weighted by Gasteiger charge is -2.18. The number of nitrogens with one attached hydrogen (secondary N) is 1. The molecule has 0 bridgehead atoms. The predicted molar refractivity (Wildman–Crippen MR) is 94.5 cm³/mol. The topological polar surface area (TPSA) is 64.3 Å². The first-order valence-corrected chi connectivity index (χ1v) is 8.18. The Labute approximate surface area is 159 Å². The third-order valence-corrected chi connectivity index (χ3v) is 4.42. The fourth-order valence-corrected chi connectivity index (χ4v) is 3.20. The molecule has 4 nitrogen and oxygen atoms in total. The van der Waals surface area contributed by atoms with Gasteiger partial charge < -0.3 is 15.8 Å². The molecule has 0 heterocycles. The van der Waals surface area contributed by atoms with Crippen LogP contribution >= 0.6 is 27.5 Å². The van der Waals surface area contributed by atoms with Gasteiger partial charge in [0.2, 0.25) is 0 Å². The van der Waals surface area contributed by atoms with E-state index in [9.17, 15) is 22.4 Å². The molecule has 2 rings (SSSR count). The Balaban J connectivity index is 2.53. The largest absolute Gasteiger partial charge is 0.493 e. The molecule has 140 valence electrons. The fraction of sp³-hybridized carbons (Fsp3) is 0.188. The minimum atomic E-state index is -4.46. The SMILES string of the molecule is COc1c(NCC(F)(F)F)cc(N)c(C(=O)c2cc(F)ccc2Cl)c1Br. The summed E-state index contributed by atoms with van der Waals surface area (Å²) in [6.07, 6.45) is -4.46. The Bertz CT molecular complexity index is 859. The first kappa shape index (κ1) is 20.3. The van der Waals surface area contributed by atoms with E-state index in [1.807, 2.05) is 0 Å². The number of ketones is 1. The van der Waals surface area contributed by atoms with Crippen molar-refractivity contribution in [1.29, 1.82) is 0 Å². The molecule has 0 aliphatic carbocycles. The van der Waals surface area contributed by atoms with Crippen molar-refractivity contribution in [3.8, 4) is 5.75 Å². The van der Waals surface area contributed by atoms with E-state index in [-0.39, 0.29) is 37.7 Å². The van der Waals surface area contributed by atoms with Gasteiger partial charge >= 0.3 is 6.18 Å². The van der Waals surface area contributed by atoms with Gasteiger partial charge in [0.25, 0.3) is 0 Å². The number of halogens is 6. The monoisotopic (exact) mass is 454 g/mol. The zero-order chi connectivity index (χ0) is 19.6. The molecular formula is C16H12BrClF4N2O2. The van der Waals surface area contributed by atoms with Crippen LogP contribution in [0.5, 0.6) is 5.75 Å². The number of hydrogen-bond donors (Lipinski definition) is 2. The molecule has 0 aromatic heterocycles. The van der Waals surface area contributed by atoms with E-state index in [1.165, 1.54) is 13.2 Å². The first-order valence-electron chi connectivity index (χ1n) is 7.01. The summed E-state index contributed by atoms with van der Waals surface area (Å²) in [5, 5.41) is 2.16. The lowest BCUT2D eigenvalue weighted by atomic mass is 10.0. The number of benzene rings is 2. The van der Waals surface area contributed by atoms with Gasteiger partial charge in [-0.3, -0.25) is 4.79 Å². The standard InChI is InChI=1S/C16H12BrClF4N2O2/c1-26-15-11(24-6-16(20,21)22)5-10(23)12(13(15)17)14(25)8-4-7(19)2-3-9(8)18/h2-5,24H,6,23H2,1H3. The van der Waals surface area contributed by atoms with Crippen LogP contribution < -0.4 is 15.8 Å². The molecule has 26 heavy (non-hydrogen) atoms. The zero-order valence-corrected chi connectivity index (χ0v) is 15.5. The van der Waals surface area contributed by atoms with Crippen LogP contribution in [0.15, 0.2) is 28.7 Å². The molecule has 10 heteroatoms. The van der Waals surface area contributed by atoms with Crippen LogP contribution in [0.2, 0.25) is 5.02 Å². The molecule has 3 N–H and O–H groups in total. The van der Waals surface area contributed by atoms with E-state index in [0.29, 0.717) is 0 Å². The Hall–Kier alpha value is -2.00. The second-order valence-electron chi connectivity index (χ2n) is 5.16. The van der Waals surface area contributed by atoms with E-state index < -0.39 is 24.3 Å². The Morgan fingerprint density at radius 1 is 1.35 bits per heavy atom. The third kappa shape index (κ3) is 4.39. The van der Waals surface area contributed by atoms with Crippen LogP contribution in [-0.4, -0.2) is 25.6 Å². The molecule has 0 amide bonds. The van der Waals surface area contributed by atoms with Crippen molar-refractivity contribution in [3.63, 3.8) is 0 Å². The predicted octanol–water partition coefficient (Wildman–Crippen LogP) is 5.04. The Morgan fingerprint density at radius 3 is 2.58 bits per heavy atom. The smallest absolute Gasteiger partial charge is 0.405 e. The number of anilines is 2. The van der Waals surface area contributed by atoms with Gasteiger partial charge in [-0.05, 0) is 40.2 Å². The van der Waals surface area contributed by atoms with E-state index in [0.717, 1.165) is 18.2 Å². The van der Waals surface area contributed by atoms with Crippen molar-refractivity contribution < 1.29 is 27.1 Å². The summed E-state index contributed by atoms with van der Waals surface area (Å²) < 4.78 is 55.9. The highest BCUT2D eigenvalue weighted by atomic mass is 79.9. The van der Waals surface area contributed by atoms with Crippen LogP contribution in [0.1, 0.15) is 15.9 Å². The average Bonchev–Trinajstić information content (AvgIpc) is 2.54. The number of nitrogens with two attached hydrogens (primary N) is 1. The summed E-state index contributed by atoms with van der Waals surface area (Å²) in [5.74, 6) is -1.44. The summed E-state index contributed by atoms with van der Waals surface area (Å²) in [7, 11) is 1.22. The highest BCUT2D eigenvalue weighted by Gasteiger charge is 2.29. The quantitative estimate of drug-likeness (QED) is 0.377. The maximum Gasteiger partial charge on any atom is 0.405 e. The van der Waals surface area contributed by atoms with E-state index in [1.54, 1.807) is 0 Å². The molecule has 0 spiro atoms. The number of ether oxygens (including phenoxy) is 1. The fourth-order valence-electron chi connectivity index (χ4n) is 2.21. The number of methoxy groups -OCH3 is 1. The van der Waals surface area contributed by atoms with Crippen LogP contribution in [0.3, 0.4) is 0 Å². The van der Waals surface area contributed by atoms with Gasteiger partial charge in [-0.2, -0.15) is 13.2 Å². The highest BCUT2D eigenvalue weighted by molar-refractivity contribution is 9.10. The molecule has 0 aliphatic rings. The third-order valence-electron chi connectivity index (χ3n) is 3.34. The molecule has 0 atom stereocenters. The summed E-state index contributed by atoms with van der Waals surface area (Å²) in [6.45, 7) is -1.32. The van der Waals surface area contributed by atoms with E-state index >= 15 is 0 Å². The Kier molecular flexibility index (Phi) is 6.02. The number of carbonyl (C=O) groups is 1. The molecule has 0 aliphatic heterocycles. The van der Waals surface area contributed by atoms with Gasteiger partial charge in [-0.25, -0.2) is 4.39 Å².